The molecule has 25 heavy (non-hydrogen) atoms. The first kappa shape index (κ1) is 17.2. The van der Waals surface area contributed by atoms with Gasteiger partial charge in [0.15, 0.2) is 11.5 Å². The van der Waals surface area contributed by atoms with E-state index in [-0.39, 0.29) is 5.91 Å². The predicted molar refractivity (Wildman–Crippen MR) is 97.2 cm³/mol. The molecule has 0 saturated heterocycles. The van der Waals surface area contributed by atoms with Gasteiger partial charge in [-0.3, -0.25) is 4.79 Å². The van der Waals surface area contributed by atoms with Crippen LogP contribution in [0.2, 0.25) is 5.02 Å². The minimum Gasteiger partial charge on any atom is -0.495 e. The van der Waals surface area contributed by atoms with Gasteiger partial charge in [-0.1, -0.05) is 11.6 Å². The fourth-order valence-corrected chi connectivity index (χ4v) is 2.70. The smallest absolute Gasteiger partial charge is 0.246 e. The van der Waals surface area contributed by atoms with Gasteiger partial charge in [-0.25, -0.2) is 0 Å². The van der Waals surface area contributed by atoms with Crippen molar-refractivity contribution < 1.29 is 19.0 Å². The van der Waals surface area contributed by atoms with Crippen molar-refractivity contribution in [2.75, 3.05) is 31.0 Å². The van der Waals surface area contributed by atoms with Gasteiger partial charge >= 0.3 is 0 Å². The molecule has 1 amide bonds. The topological polar surface area (TPSA) is 68.8 Å². The first-order valence-corrected chi connectivity index (χ1v) is 8.25. The largest absolute Gasteiger partial charge is 0.495 e. The van der Waals surface area contributed by atoms with Gasteiger partial charge in [0.2, 0.25) is 5.91 Å². The van der Waals surface area contributed by atoms with E-state index in [1.807, 2.05) is 0 Å². The molecule has 0 aliphatic carbocycles. The van der Waals surface area contributed by atoms with Gasteiger partial charge in [0.25, 0.3) is 0 Å². The van der Waals surface area contributed by atoms with Crippen LogP contribution >= 0.6 is 11.6 Å². The fourth-order valence-electron chi connectivity index (χ4n) is 2.44. The van der Waals surface area contributed by atoms with Crippen molar-refractivity contribution in [3.8, 4) is 17.2 Å². The van der Waals surface area contributed by atoms with Crippen molar-refractivity contribution in [1.82, 2.24) is 0 Å². The van der Waals surface area contributed by atoms with Gasteiger partial charge < -0.3 is 24.8 Å². The van der Waals surface area contributed by atoms with E-state index in [4.69, 9.17) is 25.8 Å². The van der Waals surface area contributed by atoms with E-state index in [0.29, 0.717) is 41.2 Å². The van der Waals surface area contributed by atoms with Crippen molar-refractivity contribution in [1.29, 1.82) is 0 Å². The van der Waals surface area contributed by atoms with E-state index in [0.717, 1.165) is 5.69 Å². The number of carbonyl (C=O) groups is 1. The molecule has 1 heterocycles. The van der Waals surface area contributed by atoms with Crippen LogP contribution in [0.5, 0.6) is 17.2 Å². The lowest BCUT2D eigenvalue weighted by Gasteiger charge is -2.20. The Balaban J connectivity index is 1.63. The molecule has 1 aliphatic rings. The molecule has 1 aliphatic heterocycles. The number of hydrogen-bond donors (Lipinski definition) is 2. The normalized spacial score (nSPS) is 13.7. The van der Waals surface area contributed by atoms with Crippen molar-refractivity contribution in [3.05, 3.63) is 41.4 Å². The number of fused-ring (bicyclic) bond motifs is 1. The Morgan fingerprint density at radius 1 is 1.12 bits per heavy atom. The molecular formula is C18H19ClN2O4. The number of rotatable bonds is 5. The molecule has 0 fully saturated rings. The minimum absolute atomic E-state index is 0.177. The Morgan fingerprint density at radius 3 is 2.56 bits per heavy atom. The molecule has 132 valence electrons. The van der Waals surface area contributed by atoms with Crippen LogP contribution in [-0.2, 0) is 4.79 Å². The summed E-state index contributed by atoms with van der Waals surface area (Å²) in [7, 11) is 1.55. The Labute approximate surface area is 151 Å². The van der Waals surface area contributed by atoms with Crippen molar-refractivity contribution in [2.24, 2.45) is 0 Å². The number of hydrogen-bond acceptors (Lipinski definition) is 5. The van der Waals surface area contributed by atoms with Crippen LogP contribution in [0.4, 0.5) is 11.4 Å². The van der Waals surface area contributed by atoms with Crippen LogP contribution < -0.4 is 24.8 Å². The highest BCUT2D eigenvalue weighted by atomic mass is 35.5. The van der Waals surface area contributed by atoms with Gasteiger partial charge in [-0.2, -0.15) is 0 Å². The summed E-state index contributed by atoms with van der Waals surface area (Å²) in [4.78, 5) is 12.4. The van der Waals surface area contributed by atoms with E-state index in [1.54, 1.807) is 50.4 Å². The second kappa shape index (κ2) is 7.53. The molecule has 7 heteroatoms. The standard InChI is InChI=1S/C18H19ClN2O4/c1-11(20-12-3-5-15(23-2)14(19)9-12)18(22)21-13-4-6-16-17(10-13)25-8-7-24-16/h3-6,9-11,20H,7-8H2,1-2H3,(H,21,22)/t11-/m0/s1. The monoisotopic (exact) mass is 362 g/mol. The lowest BCUT2D eigenvalue weighted by Crippen LogP contribution is -2.31. The van der Waals surface area contributed by atoms with Gasteiger partial charge in [-0.15, -0.1) is 0 Å². The highest BCUT2D eigenvalue weighted by Gasteiger charge is 2.16. The average molecular weight is 363 g/mol. The zero-order valence-electron chi connectivity index (χ0n) is 14.0. The van der Waals surface area contributed by atoms with Crippen LogP contribution in [0.25, 0.3) is 0 Å². The molecule has 0 aromatic heterocycles. The Kier molecular flexibility index (Phi) is 5.19. The average Bonchev–Trinajstić information content (AvgIpc) is 2.61. The summed E-state index contributed by atoms with van der Waals surface area (Å²) >= 11 is 6.10. The molecule has 0 saturated carbocycles. The summed E-state index contributed by atoms with van der Waals surface area (Å²) in [6.45, 7) is 2.80. The van der Waals surface area contributed by atoms with Crippen LogP contribution in [0.15, 0.2) is 36.4 Å². The fraction of sp³-hybridized carbons (Fsp3) is 0.278. The van der Waals surface area contributed by atoms with E-state index in [2.05, 4.69) is 10.6 Å². The molecule has 0 radical (unpaired) electrons. The van der Waals surface area contributed by atoms with E-state index in [1.165, 1.54) is 0 Å². The maximum absolute atomic E-state index is 12.4. The van der Waals surface area contributed by atoms with Gasteiger partial charge in [0.05, 0.1) is 12.1 Å². The highest BCUT2D eigenvalue weighted by molar-refractivity contribution is 6.32. The Hall–Kier alpha value is -2.60. The summed E-state index contributed by atoms with van der Waals surface area (Å²) in [6, 6.07) is 10.1. The quantitative estimate of drug-likeness (QED) is 0.851. The lowest BCUT2D eigenvalue weighted by atomic mass is 10.2. The second-order valence-corrected chi connectivity index (χ2v) is 5.97. The maximum Gasteiger partial charge on any atom is 0.246 e. The maximum atomic E-state index is 12.4. The van der Waals surface area contributed by atoms with E-state index < -0.39 is 6.04 Å². The number of methoxy groups -OCH3 is 1. The summed E-state index contributed by atoms with van der Waals surface area (Å²) in [6.07, 6.45) is 0. The number of halogens is 1. The number of ether oxygens (including phenoxy) is 3. The SMILES string of the molecule is COc1ccc(N[C@@H](C)C(=O)Nc2ccc3c(c2)OCCO3)cc1Cl. The molecule has 2 aromatic rings. The van der Waals surface area contributed by atoms with Crippen LogP contribution in [-0.4, -0.2) is 32.3 Å². The van der Waals surface area contributed by atoms with E-state index in [9.17, 15) is 4.79 Å². The van der Waals surface area contributed by atoms with Crippen LogP contribution in [0.3, 0.4) is 0 Å². The zero-order valence-corrected chi connectivity index (χ0v) is 14.7. The molecule has 0 bridgehead atoms. The number of nitrogens with one attached hydrogen (secondary N) is 2. The summed E-state index contributed by atoms with van der Waals surface area (Å²) in [5.41, 5.74) is 1.38. The van der Waals surface area contributed by atoms with E-state index >= 15 is 0 Å². The van der Waals surface area contributed by atoms with Gasteiger partial charge in [0.1, 0.15) is 25.0 Å². The number of amides is 1. The minimum atomic E-state index is -0.460. The molecule has 3 rings (SSSR count). The number of carbonyl (C=O) groups excluding carboxylic acids is 1. The predicted octanol–water partition coefficient (Wildman–Crippen LogP) is 3.56. The molecule has 2 aromatic carbocycles. The summed E-state index contributed by atoms with van der Waals surface area (Å²) in [5, 5.41) is 6.44. The third-order valence-electron chi connectivity index (χ3n) is 3.74. The molecule has 2 N–H and O–H groups in total. The number of anilines is 2. The number of benzene rings is 2. The molecule has 6 nitrogen and oxygen atoms in total. The van der Waals surface area contributed by atoms with Crippen LogP contribution in [0, 0.1) is 0 Å². The highest BCUT2D eigenvalue weighted by Crippen LogP contribution is 2.32. The summed E-state index contributed by atoms with van der Waals surface area (Å²) < 4.78 is 16.1. The molecule has 0 spiro atoms. The molecule has 0 unspecified atom stereocenters. The Bertz CT molecular complexity index is 782. The van der Waals surface area contributed by atoms with Crippen LogP contribution in [0.1, 0.15) is 6.92 Å². The molecular weight excluding hydrogens is 344 g/mol. The van der Waals surface area contributed by atoms with Crippen molar-refractivity contribution in [2.45, 2.75) is 13.0 Å². The summed E-state index contributed by atoms with van der Waals surface area (Å²) in [5.74, 6) is 1.72. The lowest BCUT2D eigenvalue weighted by molar-refractivity contribution is -0.116. The Morgan fingerprint density at radius 2 is 1.84 bits per heavy atom. The van der Waals surface area contributed by atoms with Gasteiger partial charge in [-0.05, 0) is 37.3 Å². The van der Waals surface area contributed by atoms with Gasteiger partial charge in [0, 0.05) is 17.4 Å². The van der Waals surface area contributed by atoms with Crippen molar-refractivity contribution in [3.63, 3.8) is 0 Å². The first-order valence-electron chi connectivity index (χ1n) is 7.87. The second-order valence-electron chi connectivity index (χ2n) is 5.56. The van der Waals surface area contributed by atoms with Crippen molar-refractivity contribution >= 4 is 28.9 Å². The first-order chi connectivity index (χ1) is 12.1. The molecule has 1 atom stereocenters. The third kappa shape index (κ3) is 4.09. The zero-order chi connectivity index (χ0) is 17.8. The third-order valence-corrected chi connectivity index (χ3v) is 4.03.